The molecule has 0 saturated heterocycles. The molecule has 0 spiro atoms. The minimum Gasteiger partial charge on any atom is -0.395 e. The van der Waals surface area contributed by atoms with Gasteiger partial charge in [0, 0.05) is 19.1 Å². The molecule has 1 atom stereocenters. The maximum atomic E-state index is 9.72. The van der Waals surface area contributed by atoms with Crippen LogP contribution in [0.3, 0.4) is 0 Å². The molecule has 1 aliphatic carbocycles. The standard InChI is InChI=1S/C11H23NO3/c1-9(2)15-8-11(14)7-12(5-6-13)10-3-4-10/h9-11,13-14H,3-8H2,1-2H3. The molecule has 1 aliphatic rings. The lowest BCUT2D eigenvalue weighted by Gasteiger charge is -2.24. The van der Waals surface area contributed by atoms with Gasteiger partial charge in [-0.25, -0.2) is 0 Å². The van der Waals surface area contributed by atoms with Crippen LogP contribution in [0, 0.1) is 0 Å². The van der Waals surface area contributed by atoms with Crippen molar-refractivity contribution in [2.45, 2.75) is 44.9 Å². The lowest BCUT2D eigenvalue weighted by molar-refractivity contribution is -0.0112. The van der Waals surface area contributed by atoms with Crippen LogP contribution in [0.5, 0.6) is 0 Å². The molecule has 1 rings (SSSR count). The van der Waals surface area contributed by atoms with Gasteiger partial charge in [-0.05, 0) is 26.7 Å². The van der Waals surface area contributed by atoms with E-state index in [-0.39, 0.29) is 12.7 Å². The number of hydrogen-bond acceptors (Lipinski definition) is 4. The molecule has 0 aliphatic heterocycles. The highest BCUT2D eigenvalue weighted by Gasteiger charge is 2.29. The monoisotopic (exact) mass is 217 g/mol. The van der Waals surface area contributed by atoms with Crippen molar-refractivity contribution in [1.29, 1.82) is 0 Å². The molecule has 0 aromatic carbocycles. The second-order valence-corrected chi connectivity index (χ2v) is 4.49. The molecule has 0 aromatic rings. The van der Waals surface area contributed by atoms with Gasteiger partial charge in [0.2, 0.25) is 0 Å². The third kappa shape index (κ3) is 5.47. The first-order valence-corrected chi connectivity index (χ1v) is 5.78. The molecule has 0 heterocycles. The van der Waals surface area contributed by atoms with E-state index < -0.39 is 6.10 Å². The summed E-state index contributed by atoms with van der Waals surface area (Å²) in [5.74, 6) is 0. The first kappa shape index (κ1) is 12.9. The van der Waals surface area contributed by atoms with Gasteiger partial charge in [-0.3, -0.25) is 4.90 Å². The Balaban J connectivity index is 2.17. The third-order valence-corrected chi connectivity index (χ3v) is 2.52. The average Bonchev–Trinajstić information content (AvgIpc) is 2.97. The van der Waals surface area contributed by atoms with Crippen LogP contribution in [0.1, 0.15) is 26.7 Å². The molecule has 0 bridgehead atoms. The Morgan fingerprint density at radius 2 is 2.07 bits per heavy atom. The molecule has 0 amide bonds. The van der Waals surface area contributed by atoms with Crippen molar-refractivity contribution in [3.8, 4) is 0 Å². The summed E-state index contributed by atoms with van der Waals surface area (Å²) in [6, 6.07) is 0.575. The quantitative estimate of drug-likeness (QED) is 0.611. The highest BCUT2D eigenvalue weighted by atomic mass is 16.5. The molecule has 1 saturated carbocycles. The first-order valence-electron chi connectivity index (χ1n) is 5.78. The van der Waals surface area contributed by atoms with E-state index in [9.17, 15) is 5.11 Å². The Kier molecular flexibility index (Phi) is 5.53. The molecule has 0 aromatic heterocycles. The molecule has 1 unspecified atom stereocenters. The van der Waals surface area contributed by atoms with Crippen LogP contribution in [-0.2, 0) is 4.74 Å². The van der Waals surface area contributed by atoms with Gasteiger partial charge in [0.05, 0.1) is 25.4 Å². The zero-order valence-corrected chi connectivity index (χ0v) is 9.72. The van der Waals surface area contributed by atoms with E-state index in [1.807, 2.05) is 13.8 Å². The largest absolute Gasteiger partial charge is 0.395 e. The van der Waals surface area contributed by atoms with Gasteiger partial charge in [0.1, 0.15) is 0 Å². The number of hydrogen-bond donors (Lipinski definition) is 2. The van der Waals surface area contributed by atoms with E-state index in [1.165, 1.54) is 12.8 Å². The van der Waals surface area contributed by atoms with Gasteiger partial charge in [-0.1, -0.05) is 0 Å². The normalized spacial score (nSPS) is 18.8. The summed E-state index contributed by atoms with van der Waals surface area (Å²) in [5, 5.41) is 18.6. The fourth-order valence-electron chi connectivity index (χ4n) is 1.62. The van der Waals surface area contributed by atoms with Crippen molar-refractivity contribution >= 4 is 0 Å². The number of aliphatic hydroxyl groups is 2. The number of nitrogens with zero attached hydrogens (tertiary/aromatic N) is 1. The fourth-order valence-corrected chi connectivity index (χ4v) is 1.62. The van der Waals surface area contributed by atoms with Crippen LogP contribution in [0.4, 0.5) is 0 Å². The second kappa shape index (κ2) is 6.43. The number of rotatable bonds is 8. The molecule has 4 nitrogen and oxygen atoms in total. The Bertz CT molecular complexity index is 171. The Hall–Kier alpha value is -0.160. The van der Waals surface area contributed by atoms with E-state index in [4.69, 9.17) is 9.84 Å². The van der Waals surface area contributed by atoms with E-state index in [0.717, 1.165) is 0 Å². The van der Waals surface area contributed by atoms with Crippen LogP contribution in [0.2, 0.25) is 0 Å². The minimum atomic E-state index is -0.445. The van der Waals surface area contributed by atoms with Crippen molar-refractivity contribution in [3.63, 3.8) is 0 Å². The summed E-state index contributed by atoms with van der Waals surface area (Å²) in [6.07, 6.45) is 2.10. The highest BCUT2D eigenvalue weighted by molar-refractivity contribution is 4.85. The summed E-state index contributed by atoms with van der Waals surface area (Å²) in [7, 11) is 0. The van der Waals surface area contributed by atoms with Crippen molar-refractivity contribution in [1.82, 2.24) is 4.90 Å². The molecular formula is C11H23NO3. The van der Waals surface area contributed by atoms with E-state index in [2.05, 4.69) is 4.90 Å². The fraction of sp³-hybridized carbons (Fsp3) is 1.00. The molecule has 90 valence electrons. The predicted octanol–water partition coefficient (Wildman–Crippen LogP) is 0.229. The van der Waals surface area contributed by atoms with Gasteiger partial charge < -0.3 is 14.9 Å². The first-order chi connectivity index (χ1) is 7.13. The summed E-state index contributed by atoms with van der Waals surface area (Å²) >= 11 is 0. The van der Waals surface area contributed by atoms with Crippen LogP contribution >= 0.6 is 0 Å². The lowest BCUT2D eigenvalue weighted by atomic mass is 10.3. The maximum Gasteiger partial charge on any atom is 0.0900 e. The summed E-state index contributed by atoms with van der Waals surface area (Å²) in [4.78, 5) is 2.15. The molecule has 0 radical (unpaired) electrons. The van der Waals surface area contributed by atoms with Crippen molar-refractivity contribution in [2.75, 3.05) is 26.3 Å². The second-order valence-electron chi connectivity index (χ2n) is 4.49. The van der Waals surface area contributed by atoms with Crippen molar-refractivity contribution in [3.05, 3.63) is 0 Å². The average molecular weight is 217 g/mol. The van der Waals surface area contributed by atoms with Crippen molar-refractivity contribution in [2.24, 2.45) is 0 Å². The van der Waals surface area contributed by atoms with Gasteiger partial charge in [-0.15, -0.1) is 0 Å². The SMILES string of the molecule is CC(C)OCC(O)CN(CCO)C1CC1. The Morgan fingerprint density at radius 1 is 1.40 bits per heavy atom. The topological polar surface area (TPSA) is 52.9 Å². The molecule has 4 heteroatoms. The Morgan fingerprint density at radius 3 is 2.53 bits per heavy atom. The van der Waals surface area contributed by atoms with E-state index in [1.54, 1.807) is 0 Å². The van der Waals surface area contributed by atoms with Crippen molar-refractivity contribution < 1.29 is 14.9 Å². The molecule has 2 N–H and O–H groups in total. The van der Waals surface area contributed by atoms with Gasteiger partial charge in [0.25, 0.3) is 0 Å². The minimum absolute atomic E-state index is 0.159. The molecule has 1 fully saturated rings. The van der Waals surface area contributed by atoms with Crippen LogP contribution in [-0.4, -0.2) is 59.7 Å². The summed E-state index contributed by atoms with van der Waals surface area (Å²) in [5.41, 5.74) is 0. The maximum absolute atomic E-state index is 9.72. The van der Waals surface area contributed by atoms with Crippen LogP contribution in [0.25, 0.3) is 0 Å². The van der Waals surface area contributed by atoms with Crippen LogP contribution in [0.15, 0.2) is 0 Å². The zero-order valence-electron chi connectivity index (χ0n) is 9.72. The van der Waals surface area contributed by atoms with Gasteiger partial charge in [0.15, 0.2) is 0 Å². The molecular weight excluding hydrogens is 194 g/mol. The number of ether oxygens (including phenoxy) is 1. The van der Waals surface area contributed by atoms with E-state index >= 15 is 0 Å². The smallest absolute Gasteiger partial charge is 0.0900 e. The molecule has 15 heavy (non-hydrogen) atoms. The van der Waals surface area contributed by atoms with Crippen LogP contribution < -0.4 is 0 Å². The Labute approximate surface area is 91.8 Å². The predicted molar refractivity (Wildman–Crippen MR) is 58.8 cm³/mol. The summed E-state index contributed by atoms with van der Waals surface area (Å²) in [6.45, 7) is 5.72. The van der Waals surface area contributed by atoms with Gasteiger partial charge in [-0.2, -0.15) is 0 Å². The highest BCUT2D eigenvalue weighted by Crippen LogP contribution is 2.26. The van der Waals surface area contributed by atoms with E-state index in [0.29, 0.717) is 25.7 Å². The third-order valence-electron chi connectivity index (χ3n) is 2.52. The lowest BCUT2D eigenvalue weighted by Crippen LogP contribution is -2.38. The number of aliphatic hydroxyl groups excluding tert-OH is 2. The zero-order chi connectivity index (χ0) is 11.3. The summed E-state index contributed by atoms with van der Waals surface area (Å²) < 4.78 is 5.34. The van der Waals surface area contributed by atoms with Gasteiger partial charge >= 0.3 is 0 Å².